The lowest BCUT2D eigenvalue weighted by Crippen LogP contribution is -2.38. The monoisotopic (exact) mass is 255 g/mol. The molecule has 0 aliphatic heterocycles. The standard InChI is InChI=1S/C17H21NO/c1-18-14-9-11-17(19,12-10-14)16-8-4-6-13-5-2-3-7-15(13)16/h2-8,14,18-19H,9-12H2,1H3. The van der Waals surface area contributed by atoms with Crippen LogP contribution in [0.1, 0.15) is 31.2 Å². The van der Waals surface area contributed by atoms with Gasteiger partial charge in [0.2, 0.25) is 0 Å². The van der Waals surface area contributed by atoms with Gasteiger partial charge in [0.05, 0.1) is 5.60 Å². The van der Waals surface area contributed by atoms with E-state index >= 15 is 0 Å². The maximum atomic E-state index is 11.0. The molecule has 2 aromatic carbocycles. The van der Waals surface area contributed by atoms with E-state index in [0.29, 0.717) is 6.04 Å². The molecule has 2 aromatic rings. The second kappa shape index (κ2) is 4.95. The van der Waals surface area contributed by atoms with Gasteiger partial charge in [-0.05, 0) is 49.1 Å². The van der Waals surface area contributed by atoms with E-state index in [-0.39, 0.29) is 0 Å². The zero-order valence-corrected chi connectivity index (χ0v) is 11.4. The number of nitrogens with one attached hydrogen (secondary N) is 1. The fraction of sp³-hybridized carbons (Fsp3) is 0.412. The molecule has 1 aliphatic rings. The van der Waals surface area contributed by atoms with Crippen LogP contribution in [0.5, 0.6) is 0 Å². The van der Waals surface area contributed by atoms with E-state index in [1.807, 2.05) is 13.1 Å². The number of hydrogen-bond acceptors (Lipinski definition) is 2. The first-order chi connectivity index (χ1) is 9.23. The summed E-state index contributed by atoms with van der Waals surface area (Å²) in [5.41, 5.74) is 0.439. The van der Waals surface area contributed by atoms with Gasteiger partial charge in [-0.25, -0.2) is 0 Å². The van der Waals surface area contributed by atoms with Crippen LogP contribution in [0.25, 0.3) is 10.8 Å². The molecule has 0 amide bonds. The van der Waals surface area contributed by atoms with Crippen molar-refractivity contribution in [3.05, 3.63) is 48.0 Å². The van der Waals surface area contributed by atoms with Crippen molar-refractivity contribution < 1.29 is 5.11 Å². The molecule has 19 heavy (non-hydrogen) atoms. The minimum Gasteiger partial charge on any atom is -0.385 e. The summed E-state index contributed by atoms with van der Waals surface area (Å²) >= 11 is 0. The smallest absolute Gasteiger partial charge is 0.0903 e. The zero-order chi connectivity index (χ0) is 13.3. The van der Waals surface area contributed by atoms with Crippen molar-refractivity contribution in [1.82, 2.24) is 5.32 Å². The summed E-state index contributed by atoms with van der Waals surface area (Å²) in [6.07, 6.45) is 3.76. The maximum absolute atomic E-state index is 11.0. The first-order valence-corrected chi connectivity index (χ1v) is 7.11. The molecule has 0 bridgehead atoms. The number of hydrogen-bond donors (Lipinski definition) is 2. The highest BCUT2D eigenvalue weighted by molar-refractivity contribution is 5.86. The predicted molar refractivity (Wildman–Crippen MR) is 79.2 cm³/mol. The normalized spacial score (nSPS) is 27.6. The quantitative estimate of drug-likeness (QED) is 0.863. The topological polar surface area (TPSA) is 32.3 Å². The number of aliphatic hydroxyl groups is 1. The third-order valence-corrected chi connectivity index (χ3v) is 4.51. The molecule has 1 aliphatic carbocycles. The first-order valence-electron chi connectivity index (χ1n) is 7.11. The van der Waals surface area contributed by atoms with Gasteiger partial charge in [-0.1, -0.05) is 42.5 Å². The number of fused-ring (bicyclic) bond motifs is 1. The molecule has 1 saturated carbocycles. The largest absolute Gasteiger partial charge is 0.385 e. The minimum atomic E-state index is -0.659. The first kappa shape index (κ1) is 12.6. The second-order valence-electron chi connectivity index (χ2n) is 5.62. The van der Waals surface area contributed by atoms with Crippen molar-refractivity contribution in [2.45, 2.75) is 37.3 Å². The molecule has 2 N–H and O–H groups in total. The molecule has 0 spiro atoms. The summed E-state index contributed by atoms with van der Waals surface area (Å²) in [6.45, 7) is 0. The summed E-state index contributed by atoms with van der Waals surface area (Å²) in [4.78, 5) is 0. The average molecular weight is 255 g/mol. The fourth-order valence-corrected chi connectivity index (χ4v) is 3.28. The van der Waals surface area contributed by atoms with E-state index < -0.39 is 5.60 Å². The van der Waals surface area contributed by atoms with E-state index in [4.69, 9.17) is 0 Å². The van der Waals surface area contributed by atoms with Gasteiger partial charge in [-0.3, -0.25) is 0 Å². The summed E-state index contributed by atoms with van der Waals surface area (Å²) in [6, 6.07) is 15.1. The molecule has 1 fully saturated rings. The Labute approximate surface area is 114 Å². The van der Waals surface area contributed by atoms with Gasteiger partial charge in [0.15, 0.2) is 0 Å². The Morgan fingerprint density at radius 3 is 2.47 bits per heavy atom. The molecule has 3 rings (SSSR count). The van der Waals surface area contributed by atoms with E-state index in [2.05, 4.69) is 41.7 Å². The molecule has 2 nitrogen and oxygen atoms in total. The van der Waals surface area contributed by atoms with Crippen LogP contribution in [-0.2, 0) is 5.60 Å². The van der Waals surface area contributed by atoms with Crippen molar-refractivity contribution in [2.75, 3.05) is 7.05 Å². The summed E-state index contributed by atoms with van der Waals surface area (Å²) in [5.74, 6) is 0. The fourth-order valence-electron chi connectivity index (χ4n) is 3.28. The van der Waals surface area contributed by atoms with Gasteiger partial charge in [-0.15, -0.1) is 0 Å². The van der Waals surface area contributed by atoms with Crippen molar-refractivity contribution in [3.8, 4) is 0 Å². The van der Waals surface area contributed by atoms with Crippen molar-refractivity contribution in [1.29, 1.82) is 0 Å². The third kappa shape index (κ3) is 2.26. The van der Waals surface area contributed by atoms with Crippen LogP contribution >= 0.6 is 0 Å². The Kier molecular flexibility index (Phi) is 3.29. The Bertz CT molecular complexity index is 565. The van der Waals surface area contributed by atoms with Crippen LogP contribution in [0.15, 0.2) is 42.5 Å². The van der Waals surface area contributed by atoms with Gasteiger partial charge >= 0.3 is 0 Å². The van der Waals surface area contributed by atoms with Crippen LogP contribution < -0.4 is 5.32 Å². The molecule has 0 unspecified atom stereocenters. The van der Waals surface area contributed by atoms with Crippen LogP contribution in [0.3, 0.4) is 0 Å². The second-order valence-corrected chi connectivity index (χ2v) is 5.62. The lowest BCUT2D eigenvalue weighted by molar-refractivity contribution is -0.00629. The Balaban J connectivity index is 2.00. The molecular weight excluding hydrogens is 234 g/mol. The van der Waals surface area contributed by atoms with Gasteiger partial charge in [0.25, 0.3) is 0 Å². The third-order valence-electron chi connectivity index (χ3n) is 4.51. The van der Waals surface area contributed by atoms with E-state index in [0.717, 1.165) is 31.2 Å². The van der Waals surface area contributed by atoms with Crippen molar-refractivity contribution in [2.24, 2.45) is 0 Å². The molecule has 0 heterocycles. The molecule has 100 valence electrons. The lowest BCUT2D eigenvalue weighted by Gasteiger charge is -2.37. The van der Waals surface area contributed by atoms with E-state index in [1.54, 1.807) is 0 Å². The van der Waals surface area contributed by atoms with Crippen LogP contribution in [0, 0.1) is 0 Å². The molecule has 0 atom stereocenters. The van der Waals surface area contributed by atoms with Crippen LogP contribution in [0.2, 0.25) is 0 Å². The zero-order valence-electron chi connectivity index (χ0n) is 11.4. The van der Waals surface area contributed by atoms with Crippen LogP contribution in [-0.4, -0.2) is 18.2 Å². The van der Waals surface area contributed by atoms with Gasteiger partial charge < -0.3 is 10.4 Å². The van der Waals surface area contributed by atoms with E-state index in [1.165, 1.54) is 10.8 Å². The Morgan fingerprint density at radius 2 is 1.74 bits per heavy atom. The molecule has 0 saturated heterocycles. The molecular formula is C17H21NO. The number of rotatable bonds is 2. The highest BCUT2D eigenvalue weighted by Gasteiger charge is 2.35. The van der Waals surface area contributed by atoms with Gasteiger partial charge in [-0.2, -0.15) is 0 Å². The highest BCUT2D eigenvalue weighted by Crippen LogP contribution is 2.40. The van der Waals surface area contributed by atoms with E-state index in [9.17, 15) is 5.11 Å². The number of benzene rings is 2. The molecule has 0 radical (unpaired) electrons. The average Bonchev–Trinajstić information content (AvgIpc) is 2.47. The summed E-state index contributed by atoms with van der Waals surface area (Å²) in [5, 5.41) is 16.7. The Hall–Kier alpha value is -1.38. The highest BCUT2D eigenvalue weighted by atomic mass is 16.3. The van der Waals surface area contributed by atoms with Gasteiger partial charge in [0, 0.05) is 6.04 Å². The maximum Gasteiger partial charge on any atom is 0.0903 e. The lowest BCUT2D eigenvalue weighted by atomic mass is 9.76. The summed E-state index contributed by atoms with van der Waals surface area (Å²) < 4.78 is 0. The van der Waals surface area contributed by atoms with Gasteiger partial charge in [0.1, 0.15) is 0 Å². The molecule has 2 heteroatoms. The predicted octanol–water partition coefficient (Wildman–Crippen LogP) is 3.19. The SMILES string of the molecule is CNC1CCC(O)(c2cccc3ccccc23)CC1. The minimum absolute atomic E-state index is 0.551. The van der Waals surface area contributed by atoms with Crippen molar-refractivity contribution in [3.63, 3.8) is 0 Å². The molecule has 0 aromatic heterocycles. The van der Waals surface area contributed by atoms with Crippen molar-refractivity contribution >= 4 is 10.8 Å². The van der Waals surface area contributed by atoms with Crippen LogP contribution in [0.4, 0.5) is 0 Å². The summed E-state index contributed by atoms with van der Waals surface area (Å²) in [7, 11) is 2.01. The Morgan fingerprint density at radius 1 is 1.05 bits per heavy atom.